The van der Waals surface area contributed by atoms with E-state index < -0.39 is 12.0 Å². The van der Waals surface area contributed by atoms with Crippen molar-refractivity contribution in [1.29, 1.82) is 0 Å². The molecule has 6 nitrogen and oxygen atoms in total. The Balaban J connectivity index is 1.99. The van der Waals surface area contributed by atoms with E-state index in [4.69, 9.17) is 4.74 Å². The minimum Gasteiger partial charge on any atom is -0.458 e. The number of nitrogens with one attached hydrogen (secondary N) is 1. The molecule has 1 atom stereocenters. The Morgan fingerprint density at radius 2 is 2.06 bits per heavy atom. The highest BCUT2D eigenvalue weighted by atomic mass is 32.2. The molecule has 1 unspecified atom stereocenters. The van der Waals surface area contributed by atoms with E-state index in [1.165, 1.54) is 11.8 Å². The average Bonchev–Trinajstić information content (AvgIpc) is 3.12. The van der Waals surface area contributed by atoms with Gasteiger partial charge in [0.15, 0.2) is 5.17 Å². The van der Waals surface area contributed by atoms with Crippen molar-refractivity contribution in [3.05, 3.63) is 70.4 Å². The second-order valence-electron chi connectivity index (χ2n) is 8.01. The predicted octanol–water partition coefficient (Wildman–Crippen LogP) is 4.46. The molecule has 3 rings (SSSR count). The molecule has 1 N–H and O–H groups in total. The van der Waals surface area contributed by atoms with E-state index in [1.807, 2.05) is 48.4 Å². The van der Waals surface area contributed by atoms with Crippen molar-refractivity contribution >= 4 is 28.8 Å². The third-order valence-electron chi connectivity index (χ3n) is 5.09. The molecule has 0 saturated heterocycles. The van der Waals surface area contributed by atoms with E-state index in [0.717, 1.165) is 22.0 Å². The fourth-order valence-corrected chi connectivity index (χ4v) is 4.54. The quantitative estimate of drug-likeness (QED) is 0.478. The fourth-order valence-electron chi connectivity index (χ4n) is 3.58. The van der Waals surface area contributed by atoms with Crippen molar-refractivity contribution in [2.75, 3.05) is 13.2 Å². The topological polar surface area (TPSA) is 71.0 Å². The summed E-state index contributed by atoms with van der Waals surface area (Å²) in [5, 5.41) is 5.68. The molecule has 2 heterocycles. The maximum Gasteiger partial charge on any atom is 0.338 e. The van der Waals surface area contributed by atoms with E-state index in [0.29, 0.717) is 23.7 Å². The molecule has 31 heavy (non-hydrogen) atoms. The molecule has 2 aliphatic rings. The van der Waals surface area contributed by atoms with Gasteiger partial charge >= 0.3 is 5.97 Å². The Morgan fingerprint density at radius 1 is 1.32 bits per heavy atom. The van der Waals surface area contributed by atoms with E-state index in [-0.39, 0.29) is 18.9 Å². The van der Waals surface area contributed by atoms with Gasteiger partial charge in [-0.05, 0) is 36.3 Å². The molecule has 164 valence electrons. The zero-order valence-corrected chi connectivity index (χ0v) is 19.3. The highest BCUT2D eigenvalue weighted by molar-refractivity contribution is 8.16. The number of rotatable bonds is 8. The van der Waals surface area contributed by atoms with Crippen molar-refractivity contribution in [2.45, 2.75) is 40.2 Å². The zero-order chi connectivity index (χ0) is 22.5. The summed E-state index contributed by atoms with van der Waals surface area (Å²) in [5.41, 5.74) is 3.96. The van der Waals surface area contributed by atoms with Crippen LogP contribution >= 0.6 is 11.8 Å². The van der Waals surface area contributed by atoms with Crippen LogP contribution in [-0.4, -0.2) is 35.1 Å². The minimum absolute atomic E-state index is 0.0487. The van der Waals surface area contributed by atoms with Crippen molar-refractivity contribution in [3.8, 4) is 0 Å². The van der Waals surface area contributed by atoms with Crippen molar-refractivity contribution in [3.63, 3.8) is 0 Å². The van der Waals surface area contributed by atoms with Gasteiger partial charge in [-0.3, -0.25) is 4.79 Å². The number of hydrogen-bond acceptors (Lipinski definition) is 6. The maximum atomic E-state index is 13.0. The van der Waals surface area contributed by atoms with Gasteiger partial charge < -0.3 is 15.0 Å². The molecule has 0 bridgehead atoms. The van der Waals surface area contributed by atoms with Crippen molar-refractivity contribution in [1.82, 2.24) is 10.2 Å². The molecular formula is C24H29N3O3S. The van der Waals surface area contributed by atoms with Crippen LogP contribution < -0.4 is 5.32 Å². The van der Waals surface area contributed by atoms with Gasteiger partial charge in [-0.1, -0.05) is 62.5 Å². The number of aryl methyl sites for hydroxylation is 1. The summed E-state index contributed by atoms with van der Waals surface area (Å²) in [7, 11) is 0. The highest BCUT2D eigenvalue weighted by Crippen LogP contribution is 2.45. The van der Waals surface area contributed by atoms with Gasteiger partial charge in [0.2, 0.25) is 5.91 Å². The maximum absolute atomic E-state index is 13.0. The number of ether oxygens (including phenoxy) is 1. The molecule has 0 saturated carbocycles. The van der Waals surface area contributed by atoms with Gasteiger partial charge in [0.05, 0.1) is 23.7 Å². The molecule has 0 aliphatic carbocycles. The molecule has 0 spiro atoms. The Morgan fingerprint density at radius 3 is 2.74 bits per heavy atom. The first-order valence-electron chi connectivity index (χ1n) is 10.4. The lowest BCUT2D eigenvalue weighted by atomic mass is 9.91. The number of amidine groups is 1. The van der Waals surface area contributed by atoms with Crippen LogP contribution in [0.1, 0.15) is 44.4 Å². The molecule has 0 aromatic heterocycles. The largest absolute Gasteiger partial charge is 0.458 e. The summed E-state index contributed by atoms with van der Waals surface area (Å²) >= 11 is 1.47. The van der Waals surface area contributed by atoms with Crippen LogP contribution in [0.5, 0.6) is 0 Å². The van der Waals surface area contributed by atoms with E-state index in [1.54, 1.807) is 6.08 Å². The van der Waals surface area contributed by atoms with Crippen LogP contribution in [0.25, 0.3) is 0 Å². The number of esters is 1. The summed E-state index contributed by atoms with van der Waals surface area (Å²) in [6.07, 6.45) is 1.76. The fraction of sp³-hybridized carbons (Fsp3) is 0.375. The van der Waals surface area contributed by atoms with Gasteiger partial charge in [0.1, 0.15) is 6.61 Å². The van der Waals surface area contributed by atoms with E-state index in [9.17, 15) is 9.59 Å². The summed E-state index contributed by atoms with van der Waals surface area (Å²) in [4.78, 5) is 32.3. The van der Waals surface area contributed by atoms with Gasteiger partial charge in [-0.2, -0.15) is 0 Å². The first-order chi connectivity index (χ1) is 14.8. The number of hydrogen-bond donors (Lipinski definition) is 1. The molecule has 1 aromatic carbocycles. The van der Waals surface area contributed by atoms with E-state index in [2.05, 4.69) is 30.7 Å². The molecule has 2 aliphatic heterocycles. The monoisotopic (exact) mass is 439 g/mol. The van der Waals surface area contributed by atoms with E-state index >= 15 is 0 Å². The van der Waals surface area contributed by atoms with Crippen LogP contribution in [0.4, 0.5) is 0 Å². The normalized spacial score (nSPS) is 17.8. The second kappa shape index (κ2) is 10.0. The molecular weight excluding hydrogens is 410 g/mol. The van der Waals surface area contributed by atoms with Crippen LogP contribution in [0.15, 0.2) is 64.3 Å². The minimum atomic E-state index is -0.422. The Labute approximate surface area is 188 Å². The molecule has 0 radical (unpaired) electrons. The Bertz CT molecular complexity index is 978. The van der Waals surface area contributed by atoms with Gasteiger partial charge in [0, 0.05) is 12.2 Å². The second-order valence-corrected chi connectivity index (χ2v) is 8.85. The number of carbonyl (C=O) groups excluding carboxylic acids is 2. The average molecular weight is 440 g/mol. The van der Waals surface area contributed by atoms with Gasteiger partial charge in [0.25, 0.3) is 0 Å². The number of nitrogens with zero attached hydrogens (tertiary/aromatic N) is 2. The number of aliphatic imine (C=N–C) groups is 1. The third kappa shape index (κ3) is 5.10. The lowest BCUT2D eigenvalue weighted by molar-refractivity contribution is -0.138. The van der Waals surface area contributed by atoms with Crippen LogP contribution in [0.3, 0.4) is 0 Å². The molecule has 7 heteroatoms. The molecule has 0 fully saturated rings. The predicted molar refractivity (Wildman–Crippen MR) is 125 cm³/mol. The molecule has 1 aromatic rings. The summed E-state index contributed by atoms with van der Waals surface area (Å²) in [5.74, 6) is -0.0964. The first kappa shape index (κ1) is 22.9. The van der Waals surface area contributed by atoms with Crippen LogP contribution in [0, 0.1) is 12.8 Å². The van der Waals surface area contributed by atoms with Crippen molar-refractivity contribution < 1.29 is 14.3 Å². The number of benzene rings is 1. The van der Waals surface area contributed by atoms with Gasteiger partial charge in [-0.25, -0.2) is 9.79 Å². The smallest absolute Gasteiger partial charge is 0.338 e. The standard InChI is InChI=1S/C24H29N3O3S/c1-6-11-30-23(29)21-17(5)26-24-27(22(21)19-10-8-7-9-16(19)4)18(14-31-24)12-20(28)25-13-15(2)3/h6-10,14-15,22H,1,11-13H2,2-5H3,(H,25,28). The first-order valence-corrected chi connectivity index (χ1v) is 11.3. The number of amides is 1. The Kier molecular flexibility index (Phi) is 7.38. The molecule has 1 amide bonds. The number of allylic oxidation sites excluding steroid dienone is 1. The summed E-state index contributed by atoms with van der Waals surface area (Å²) in [6.45, 7) is 12.3. The van der Waals surface area contributed by atoms with Crippen molar-refractivity contribution in [2.24, 2.45) is 10.9 Å². The number of fused-ring (bicyclic) bond motifs is 1. The lowest BCUT2D eigenvalue weighted by Gasteiger charge is -2.37. The number of carbonyl (C=O) groups is 2. The lowest BCUT2D eigenvalue weighted by Crippen LogP contribution is -2.38. The Hall–Kier alpha value is -2.80. The van der Waals surface area contributed by atoms with Crippen LogP contribution in [0.2, 0.25) is 0 Å². The summed E-state index contributed by atoms with van der Waals surface area (Å²) in [6, 6.07) is 7.54. The number of thioether (sulfide) groups is 1. The van der Waals surface area contributed by atoms with Gasteiger partial charge in [-0.15, -0.1) is 0 Å². The highest BCUT2D eigenvalue weighted by Gasteiger charge is 2.41. The zero-order valence-electron chi connectivity index (χ0n) is 18.5. The van der Waals surface area contributed by atoms with Crippen LogP contribution in [-0.2, 0) is 14.3 Å². The SMILES string of the molecule is C=CCOC(=O)C1=C(C)N=C2SC=C(CC(=O)NCC(C)C)N2C1c1ccccc1C. The third-order valence-corrected chi connectivity index (χ3v) is 5.97. The summed E-state index contributed by atoms with van der Waals surface area (Å²) < 4.78 is 5.41.